The van der Waals surface area contributed by atoms with E-state index in [0.717, 1.165) is 24.8 Å². The molecule has 0 aliphatic rings. The molecule has 3 aromatic rings. The fourth-order valence-corrected chi connectivity index (χ4v) is 4.38. The van der Waals surface area contributed by atoms with Gasteiger partial charge < -0.3 is 5.32 Å². The van der Waals surface area contributed by atoms with Crippen LogP contribution in [-0.2, 0) is 21.9 Å². The Balaban J connectivity index is 1.77. The number of carbonyl (C=O) groups excluding carboxylic acids is 1. The van der Waals surface area contributed by atoms with Gasteiger partial charge in [-0.2, -0.15) is 5.10 Å². The number of amides is 1. The summed E-state index contributed by atoms with van der Waals surface area (Å²) in [4.78, 5) is 16.7. The molecule has 1 amide bonds. The third kappa shape index (κ3) is 6.02. The summed E-state index contributed by atoms with van der Waals surface area (Å²) >= 11 is 6.37. The van der Waals surface area contributed by atoms with Crippen molar-refractivity contribution < 1.29 is 13.2 Å². The highest BCUT2D eigenvalue weighted by Crippen LogP contribution is 2.29. The molecule has 0 saturated heterocycles. The average molecular weight is 491 g/mol. The van der Waals surface area contributed by atoms with Crippen LogP contribution in [0.2, 0.25) is 5.02 Å². The summed E-state index contributed by atoms with van der Waals surface area (Å²) in [6.45, 7) is 4.64. The van der Waals surface area contributed by atoms with Gasteiger partial charge in [-0.15, -0.1) is 0 Å². The summed E-state index contributed by atoms with van der Waals surface area (Å²) in [6, 6.07) is 3.67. The molecule has 3 aromatic heterocycles. The number of unbranched alkanes of at least 4 members (excludes halogenated alkanes) is 1. The molecule has 0 aliphatic heterocycles. The number of fused-ring (bicyclic) bond motifs is 1. The topological polar surface area (TPSA) is 111 Å². The van der Waals surface area contributed by atoms with Crippen LogP contribution in [-0.4, -0.2) is 46.0 Å². The molecule has 11 heteroatoms. The fraction of sp³-hybridized carbons (Fsp3) is 0.318. The number of aromatic nitrogens is 4. The first-order valence-electron chi connectivity index (χ1n) is 10.5. The molecule has 0 aromatic carbocycles. The molecular formula is C22H27ClN6O3S. The van der Waals surface area contributed by atoms with E-state index in [0.29, 0.717) is 27.7 Å². The first-order valence-corrected chi connectivity index (χ1v) is 12.5. The van der Waals surface area contributed by atoms with Crippen molar-refractivity contribution >= 4 is 44.6 Å². The van der Waals surface area contributed by atoms with Gasteiger partial charge in [-0.3, -0.25) is 14.0 Å². The van der Waals surface area contributed by atoms with Gasteiger partial charge >= 0.3 is 0 Å². The highest BCUT2D eigenvalue weighted by molar-refractivity contribution is 7.90. The minimum Gasteiger partial charge on any atom is -0.391 e. The molecule has 33 heavy (non-hydrogen) atoms. The van der Waals surface area contributed by atoms with Crippen molar-refractivity contribution in [1.29, 1.82) is 0 Å². The van der Waals surface area contributed by atoms with E-state index in [1.807, 2.05) is 10.8 Å². The average Bonchev–Trinajstić information content (AvgIpc) is 3.23. The summed E-state index contributed by atoms with van der Waals surface area (Å²) in [5.74, 6) is -0.399. The van der Waals surface area contributed by atoms with Gasteiger partial charge in [0.1, 0.15) is 11.5 Å². The zero-order chi connectivity index (χ0) is 24.0. The van der Waals surface area contributed by atoms with Gasteiger partial charge in [-0.05, 0) is 37.8 Å². The molecule has 3 heterocycles. The zero-order valence-electron chi connectivity index (χ0n) is 18.7. The Hall–Kier alpha value is -3.11. The van der Waals surface area contributed by atoms with Crippen molar-refractivity contribution in [2.45, 2.75) is 26.7 Å². The van der Waals surface area contributed by atoms with Gasteiger partial charge in [0.15, 0.2) is 0 Å². The summed E-state index contributed by atoms with van der Waals surface area (Å²) in [5, 5.41) is 8.76. The number of rotatable bonds is 10. The van der Waals surface area contributed by atoms with Gasteiger partial charge in [0.05, 0.1) is 16.5 Å². The van der Waals surface area contributed by atoms with Crippen LogP contribution < -0.4 is 10.0 Å². The van der Waals surface area contributed by atoms with Gasteiger partial charge in [0, 0.05) is 43.0 Å². The molecule has 0 unspecified atom stereocenters. The monoisotopic (exact) mass is 490 g/mol. The predicted octanol–water partition coefficient (Wildman–Crippen LogP) is 3.08. The van der Waals surface area contributed by atoms with Crippen LogP contribution in [0.25, 0.3) is 22.9 Å². The maximum absolute atomic E-state index is 12.3. The van der Waals surface area contributed by atoms with E-state index in [1.165, 1.54) is 18.2 Å². The molecule has 0 aliphatic carbocycles. The number of sulfonamides is 1. The first kappa shape index (κ1) is 24.5. The molecule has 0 saturated carbocycles. The van der Waals surface area contributed by atoms with Crippen LogP contribution in [0.1, 0.15) is 31.0 Å². The van der Waals surface area contributed by atoms with Crippen molar-refractivity contribution in [2.24, 2.45) is 7.05 Å². The molecule has 9 nitrogen and oxygen atoms in total. The number of pyridine rings is 1. The Labute approximate surface area is 198 Å². The Morgan fingerprint density at radius 2 is 2.12 bits per heavy atom. The SMILES string of the molecule is CCCCNC=CCS(=O)(=O)NC(=O)/C=C/c1c(C)nn(C)c1-n1cc(Cl)c2cccnc21. The molecule has 176 valence electrons. The summed E-state index contributed by atoms with van der Waals surface area (Å²) in [5.41, 5.74) is 1.95. The van der Waals surface area contributed by atoms with Crippen LogP contribution in [0.15, 0.2) is 42.9 Å². The second kappa shape index (κ2) is 10.7. The molecule has 2 N–H and O–H groups in total. The number of nitrogens with one attached hydrogen (secondary N) is 2. The number of carbonyl (C=O) groups is 1. The highest BCUT2D eigenvalue weighted by Gasteiger charge is 2.18. The van der Waals surface area contributed by atoms with Crippen molar-refractivity contribution in [3.63, 3.8) is 0 Å². The van der Waals surface area contributed by atoms with Crippen molar-refractivity contribution in [2.75, 3.05) is 12.3 Å². The molecule has 0 spiro atoms. The Kier molecular flexibility index (Phi) is 7.93. The lowest BCUT2D eigenvalue weighted by Gasteiger charge is -2.07. The largest absolute Gasteiger partial charge is 0.391 e. The molecular weight excluding hydrogens is 464 g/mol. The summed E-state index contributed by atoms with van der Waals surface area (Å²) in [7, 11) is -2.03. The van der Waals surface area contributed by atoms with Crippen LogP contribution in [0.3, 0.4) is 0 Å². The fourth-order valence-electron chi connectivity index (χ4n) is 3.33. The molecule has 0 radical (unpaired) electrons. The normalized spacial score (nSPS) is 12.2. The van der Waals surface area contributed by atoms with Gasteiger partial charge in [0.2, 0.25) is 10.0 Å². The number of nitrogens with zero attached hydrogens (tertiary/aromatic N) is 4. The van der Waals surface area contributed by atoms with E-state index in [1.54, 1.807) is 47.9 Å². The minimum atomic E-state index is -3.80. The van der Waals surface area contributed by atoms with E-state index >= 15 is 0 Å². The van der Waals surface area contributed by atoms with E-state index in [4.69, 9.17) is 11.6 Å². The molecule has 0 fully saturated rings. The van der Waals surface area contributed by atoms with E-state index in [9.17, 15) is 13.2 Å². The molecule has 0 atom stereocenters. The minimum absolute atomic E-state index is 0.303. The summed E-state index contributed by atoms with van der Waals surface area (Å²) < 4.78 is 29.8. The van der Waals surface area contributed by atoms with Crippen molar-refractivity contribution in [3.8, 4) is 5.82 Å². The number of hydrogen-bond donors (Lipinski definition) is 2. The second-order valence-corrected chi connectivity index (χ2v) is 9.63. The smallest absolute Gasteiger partial charge is 0.257 e. The maximum atomic E-state index is 12.3. The Morgan fingerprint density at radius 3 is 2.88 bits per heavy atom. The van der Waals surface area contributed by atoms with Crippen molar-refractivity contribution in [3.05, 3.63) is 59.2 Å². The van der Waals surface area contributed by atoms with Gasteiger partial charge in [-0.1, -0.05) is 31.0 Å². The van der Waals surface area contributed by atoms with Crippen molar-refractivity contribution in [1.82, 2.24) is 29.4 Å². The van der Waals surface area contributed by atoms with E-state index in [2.05, 4.69) is 22.3 Å². The predicted molar refractivity (Wildman–Crippen MR) is 131 cm³/mol. The molecule has 3 rings (SSSR count). The van der Waals surface area contributed by atoms with Gasteiger partial charge in [-0.25, -0.2) is 18.1 Å². The Bertz CT molecular complexity index is 1310. The third-order valence-electron chi connectivity index (χ3n) is 4.86. The molecule has 0 bridgehead atoms. The number of aryl methyl sites for hydroxylation is 2. The third-order valence-corrected chi connectivity index (χ3v) is 6.31. The number of hydrogen-bond acceptors (Lipinski definition) is 6. The van der Waals surface area contributed by atoms with Crippen LogP contribution >= 0.6 is 11.6 Å². The van der Waals surface area contributed by atoms with Crippen LogP contribution in [0, 0.1) is 6.92 Å². The van der Waals surface area contributed by atoms with Crippen LogP contribution in [0.4, 0.5) is 0 Å². The lowest BCUT2D eigenvalue weighted by atomic mass is 10.2. The summed E-state index contributed by atoms with van der Waals surface area (Å²) in [6.07, 6.45) is 11.2. The van der Waals surface area contributed by atoms with Crippen LogP contribution in [0.5, 0.6) is 0 Å². The maximum Gasteiger partial charge on any atom is 0.257 e. The highest BCUT2D eigenvalue weighted by atomic mass is 35.5. The van der Waals surface area contributed by atoms with E-state index in [-0.39, 0.29) is 5.75 Å². The quantitative estimate of drug-likeness (QED) is 0.334. The lowest BCUT2D eigenvalue weighted by molar-refractivity contribution is -0.114. The second-order valence-electron chi connectivity index (χ2n) is 7.46. The number of halogens is 1. The standard InChI is InChI=1S/C22H27ClN6O3S/c1-4-5-11-24-12-7-14-33(31,32)27-20(30)10-9-17-16(2)26-28(3)22(17)29-15-19(23)18-8-6-13-25-21(18)29/h6-10,12-13,15,24H,4-5,11,14H2,1-3H3,(H,27,30)/b10-9+,12-7?. The van der Waals surface area contributed by atoms with Gasteiger partial charge in [0.25, 0.3) is 5.91 Å². The zero-order valence-corrected chi connectivity index (χ0v) is 20.3. The lowest BCUT2D eigenvalue weighted by Crippen LogP contribution is -2.30. The van der Waals surface area contributed by atoms with E-state index < -0.39 is 15.9 Å². The Morgan fingerprint density at radius 1 is 1.33 bits per heavy atom. The first-order chi connectivity index (χ1) is 15.7.